The fourth-order valence-corrected chi connectivity index (χ4v) is 3.70. The van der Waals surface area contributed by atoms with Crippen LogP contribution in [0.4, 0.5) is 15.8 Å². The van der Waals surface area contributed by atoms with E-state index >= 15 is 0 Å². The molecule has 1 unspecified atom stereocenters. The van der Waals surface area contributed by atoms with Gasteiger partial charge in [-0.05, 0) is 36.9 Å². The van der Waals surface area contributed by atoms with Crippen LogP contribution in [0.5, 0.6) is 0 Å². The normalized spacial score (nSPS) is 17.7. The van der Waals surface area contributed by atoms with Crippen molar-refractivity contribution in [2.24, 2.45) is 0 Å². The number of nitro groups is 1. The van der Waals surface area contributed by atoms with Crippen LogP contribution in [-0.2, 0) is 14.8 Å². The molecule has 144 valence electrons. The van der Waals surface area contributed by atoms with Crippen LogP contribution in [0.25, 0.3) is 0 Å². The molecule has 1 atom stereocenters. The molecule has 1 heterocycles. The molecule has 1 fully saturated rings. The van der Waals surface area contributed by atoms with Crippen molar-refractivity contribution >= 4 is 21.4 Å². The third kappa shape index (κ3) is 4.07. The molecule has 27 heavy (non-hydrogen) atoms. The second kappa shape index (κ2) is 7.59. The first kappa shape index (κ1) is 19.2. The molecule has 0 bridgehead atoms. The van der Waals surface area contributed by atoms with Crippen molar-refractivity contribution in [3.8, 4) is 0 Å². The highest BCUT2D eigenvalue weighted by atomic mass is 32.2. The quantitative estimate of drug-likeness (QED) is 0.615. The first-order chi connectivity index (χ1) is 12.8. The van der Waals surface area contributed by atoms with Gasteiger partial charge in [0.2, 0.25) is 10.0 Å². The van der Waals surface area contributed by atoms with E-state index in [0.717, 1.165) is 11.6 Å². The molecule has 0 aromatic heterocycles. The molecule has 1 aliphatic rings. The fourth-order valence-electron chi connectivity index (χ4n) is 2.95. The number of hydrogen-bond donors (Lipinski definition) is 1. The monoisotopic (exact) mass is 395 g/mol. The largest absolute Gasteiger partial charge is 0.370 e. The zero-order valence-electron chi connectivity index (χ0n) is 14.5. The van der Waals surface area contributed by atoms with E-state index in [0.29, 0.717) is 25.4 Å². The highest BCUT2D eigenvalue weighted by Crippen LogP contribution is 2.34. The molecule has 0 saturated carbocycles. The molecule has 0 spiro atoms. The summed E-state index contributed by atoms with van der Waals surface area (Å²) in [6.45, 7) is 1.07. The Labute approximate surface area is 155 Å². The Morgan fingerprint density at radius 1 is 1.26 bits per heavy atom. The van der Waals surface area contributed by atoms with E-state index < -0.39 is 14.9 Å². The second-order valence-electron chi connectivity index (χ2n) is 5.97. The Morgan fingerprint density at radius 3 is 2.59 bits per heavy atom. The van der Waals surface area contributed by atoms with Gasteiger partial charge in [-0.2, -0.15) is 0 Å². The minimum absolute atomic E-state index is 0.177. The van der Waals surface area contributed by atoms with E-state index in [1.54, 1.807) is 17.0 Å². The van der Waals surface area contributed by atoms with Crippen LogP contribution in [-0.4, -0.2) is 40.1 Å². The highest BCUT2D eigenvalue weighted by molar-refractivity contribution is 7.89. The number of morpholine rings is 1. The van der Waals surface area contributed by atoms with Crippen molar-refractivity contribution in [2.75, 3.05) is 31.6 Å². The number of nitrogens with one attached hydrogen (secondary N) is 1. The van der Waals surface area contributed by atoms with Crippen LogP contribution in [0.1, 0.15) is 11.7 Å². The summed E-state index contributed by atoms with van der Waals surface area (Å²) in [7, 11) is -2.55. The molecule has 1 aliphatic heterocycles. The van der Waals surface area contributed by atoms with E-state index in [1.165, 1.54) is 31.3 Å². The molecule has 0 aliphatic carbocycles. The van der Waals surface area contributed by atoms with E-state index in [4.69, 9.17) is 4.74 Å². The molecular weight excluding hydrogens is 377 g/mol. The van der Waals surface area contributed by atoms with Crippen molar-refractivity contribution in [2.45, 2.75) is 11.0 Å². The van der Waals surface area contributed by atoms with E-state index in [2.05, 4.69) is 4.72 Å². The Bertz CT molecular complexity index is 950. The molecule has 1 saturated heterocycles. The third-order valence-corrected chi connectivity index (χ3v) is 5.78. The van der Waals surface area contributed by atoms with Crippen molar-refractivity contribution in [3.63, 3.8) is 0 Å². The number of nitro benzene ring substituents is 1. The first-order valence-corrected chi connectivity index (χ1v) is 9.64. The summed E-state index contributed by atoms with van der Waals surface area (Å²) in [5, 5.41) is 11.5. The lowest BCUT2D eigenvalue weighted by Crippen LogP contribution is -2.38. The van der Waals surface area contributed by atoms with Crippen LogP contribution < -0.4 is 9.62 Å². The Balaban J connectivity index is 1.92. The summed E-state index contributed by atoms with van der Waals surface area (Å²) in [5.74, 6) is -0.358. The molecule has 10 heteroatoms. The average molecular weight is 395 g/mol. The number of anilines is 1. The van der Waals surface area contributed by atoms with Crippen LogP contribution in [0.15, 0.2) is 47.4 Å². The minimum atomic E-state index is -3.79. The lowest BCUT2D eigenvalue weighted by molar-refractivity contribution is -0.384. The third-order valence-electron chi connectivity index (χ3n) is 4.37. The molecular formula is C17H18FN3O5S. The van der Waals surface area contributed by atoms with Gasteiger partial charge >= 0.3 is 0 Å². The number of benzene rings is 2. The summed E-state index contributed by atoms with van der Waals surface area (Å²) in [6, 6.07) is 9.69. The van der Waals surface area contributed by atoms with Crippen LogP contribution >= 0.6 is 0 Å². The van der Waals surface area contributed by atoms with Crippen LogP contribution in [0, 0.1) is 15.9 Å². The van der Waals surface area contributed by atoms with Crippen molar-refractivity contribution in [1.82, 2.24) is 4.72 Å². The number of sulfonamides is 1. The number of nitrogens with zero attached hydrogens (tertiary/aromatic N) is 2. The SMILES string of the molecule is CNS(=O)(=O)c1ccc(N2CCOC(c3ccc(F)cc3)C2)c([N+](=O)[O-])c1. The van der Waals surface area contributed by atoms with E-state index in [9.17, 15) is 22.9 Å². The molecule has 2 aromatic carbocycles. The van der Waals surface area contributed by atoms with Gasteiger partial charge in [0.1, 0.15) is 17.6 Å². The molecule has 8 nitrogen and oxygen atoms in total. The maximum Gasteiger partial charge on any atom is 0.293 e. The number of halogens is 1. The lowest BCUT2D eigenvalue weighted by Gasteiger charge is -2.34. The molecule has 3 rings (SSSR count). The zero-order valence-corrected chi connectivity index (χ0v) is 15.3. The van der Waals surface area contributed by atoms with Gasteiger partial charge in [-0.3, -0.25) is 10.1 Å². The highest BCUT2D eigenvalue weighted by Gasteiger charge is 2.28. The molecule has 2 aromatic rings. The summed E-state index contributed by atoms with van der Waals surface area (Å²) < 4.78 is 44.8. The summed E-state index contributed by atoms with van der Waals surface area (Å²) >= 11 is 0. The van der Waals surface area contributed by atoms with Crippen molar-refractivity contribution in [3.05, 3.63) is 64.0 Å². The lowest BCUT2D eigenvalue weighted by atomic mass is 10.1. The predicted octanol–water partition coefficient (Wildman–Crippen LogP) is 2.22. The summed E-state index contributed by atoms with van der Waals surface area (Å²) in [5.41, 5.74) is 0.773. The maximum absolute atomic E-state index is 13.1. The Morgan fingerprint density at radius 2 is 1.96 bits per heavy atom. The predicted molar refractivity (Wildman–Crippen MR) is 96.6 cm³/mol. The van der Waals surface area contributed by atoms with E-state index in [1.807, 2.05) is 0 Å². The smallest absolute Gasteiger partial charge is 0.293 e. The maximum atomic E-state index is 13.1. The van der Waals surface area contributed by atoms with Gasteiger partial charge in [0.15, 0.2) is 0 Å². The van der Waals surface area contributed by atoms with Crippen LogP contribution in [0.3, 0.4) is 0 Å². The topological polar surface area (TPSA) is 102 Å². The van der Waals surface area contributed by atoms with Gasteiger partial charge in [-0.25, -0.2) is 17.5 Å². The second-order valence-corrected chi connectivity index (χ2v) is 7.86. The van der Waals surface area contributed by atoms with Crippen molar-refractivity contribution in [1.29, 1.82) is 0 Å². The van der Waals surface area contributed by atoms with E-state index in [-0.39, 0.29) is 22.5 Å². The van der Waals surface area contributed by atoms with Gasteiger partial charge in [0.25, 0.3) is 5.69 Å². The van der Waals surface area contributed by atoms with Gasteiger partial charge in [-0.1, -0.05) is 12.1 Å². The Kier molecular flexibility index (Phi) is 5.40. The molecule has 1 N–H and O–H groups in total. The number of hydrogen-bond acceptors (Lipinski definition) is 6. The standard InChI is InChI=1S/C17H18FN3O5S/c1-19-27(24,25)14-6-7-15(16(10-14)21(22)23)20-8-9-26-17(11-20)12-2-4-13(18)5-3-12/h2-7,10,17,19H,8-9,11H2,1H3. The van der Waals surface area contributed by atoms with Crippen molar-refractivity contribution < 1.29 is 22.5 Å². The van der Waals surface area contributed by atoms with Gasteiger partial charge in [0, 0.05) is 19.2 Å². The Hall–Kier alpha value is -2.56. The van der Waals surface area contributed by atoms with Gasteiger partial charge < -0.3 is 9.64 Å². The number of rotatable bonds is 5. The minimum Gasteiger partial charge on any atom is -0.370 e. The zero-order chi connectivity index (χ0) is 19.6. The number of ether oxygens (including phenoxy) is 1. The molecule has 0 radical (unpaired) electrons. The van der Waals surface area contributed by atoms with Gasteiger partial charge in [-0.15, -0.1) is 0 Å². The fraction of sp³-hybridized carbons (Fsp3) is 0.294. The van der Waals surface area contributed by atoms with Crippen LogP contribution in [0.2, 0.25) is 0 Å². The average Bonchev–Trinajstić information content (AvgIpc) is 2.68. The van der Waals surface area contributed by atoms with Gasteiger partial charge in [0.05, 0.1) is 16.4 Å². The molecule has 0 amide bonds. The first-order valence-electron chi connectivity index (χ1n) is 8.16. The summed E-state index contributed by atoms with van der Waals surface area (Å²) in [6.07, 6.45) is -0.375. The summed E-state index contributed by atoms with van der Waals surface area (Å²) in [4.78, 5) is 12.5.